The van der Waals surface area contributed by atoms with Crippen LogP contribution in [-0.4, -0.2) is 90.0 Å². The van der Waals surface area contributed by atoms with Gasteiger partial charge in [0.15, 0.2) is 0 Å². The maximum Gasteiger partial charge on any atom is 0.226 e. The predicted molar refractivity (Wildman–Crippen MR) is 175 cm³/mol. The quantitative estimate of drug-likeness (QED) is 0.133. The smallest absolute Gasteiger partial charge is 0.226 e. The number of hydrogen-bond donors (Lipinski definition) is 4. The number of unbranched alkanes of at least 4 members (excludes halogenated alkanes) is 1. The van der Waals surface area contributed by atoms with Crippen molar-refractivity contribution in [3.8, 4) is 12.3 Å². The van der Waals surface area contributed by atoms with E-state index in [0.29, 0.717) is 58.2 Å². The van der Waals surface area contributed by atoms with Crippen LogP contribution in [0.5, 0.6) is 0 Å². The zero-order valence-electron chi connectivity index (χ0n) is 27.8. The summed E-state index contributed by atoms with van der Waals surface area (Å²) in [7, 11) is -3.62. The average molecular weight is 641 g/mol. The van der Waals surface area contributed by atoms with Gasteiger partial charge in [-0.15, -0.1) is 17.2 Å². The Morgan fingerprint density at radius 1 is 0.955 bits per heavy atom. The molecular formula is C33H60N4O6S. The summed E-state index contributed by atoms with van der Waals surface area (Å²) >= 11 is 0. The summed E-state index contributed by atoms with van der Waals surface area (Å²) in [6.45, 7) is 11.1. The van der Waals surface area contributed by atoms with Gasteiger partial charge in [0.1, 0.15) is 0 Å². The van der Waals surface area contributed by atoms with Crippen molar-refractivity contribution in [1.82, 2.24) is 20.1 Å². The van der Waals surface area contributed by atoms with Crippen LogP contribution in [0.4, 0.5) is 0 Å². The average Bonchev–Trinajstić information content (AvgIpc) is 2.99. The molecule has 0 spiro atoms. The first-order valence-electron chi connectivity index (χ1n) is 17.0. The third-order valence-corrected chi connectivity index (χ3v) is 11.0. The lowest BCUT2D eigenvalue weighted by Crippen LogP contribution is -2.55. The minimum absolute atomic E-state index is 0.0218. The molecule has 5 unspecified atom stereocenters. The Hall–Kier alpha value is -1.71. The fourth-order valence-electron chi connectivity index (χ4n) is 6.52. The maximum atomic E-state index is 13.9. The van der Waals surface area contributed by atoms with Crippen molar-refractivity contribution in [2.75, 3.05) is 26.2 Å². The monoisotopic (exact) mass is 640 g/mol. The van der Waals surface area contributed by atoms with Crippen molar-refractivity contribution in [2.24, 2.45) is 23.7 Å². The van der Waals surface area contributed by atoms with Gasteiger partial charge in [0.05, 0.1) is 23.5 Å². The molecule has 2 rings (SSSR count). The molecule has 0 aromatic rings. The number of nitrogens with zero attached hydrogens (tertiary/aromatic N) is 2. The molecule has 11 heteroatoms. The van der Waals surface area contributed by atoms with Gasteiger partial charge in [-0.05, 0) is 90.4 Å². The summed E-state index contributed by atoms with van der Waals surface area (Å²) < 4.78 is 25.4. The first kappa shape index (κ1) is 38.5. The van der Waals surface area contributed by atoms with Crippen LogP contribution < -0.4 is 10.1 Å². The van der Waals surface area contributed by atoms with E-state index in [-0.39, 0.29) is 42.2 Å². The third-order valence-electron chi connectivity index (χ3n) is 9.22. The van der Waals surface area contributed by atoms with Crippen molar-refractivity contribution >= 4 is 21.8 Å². The van der Waals surface area contributed by atoms with E-state index in [1.807, 2.05) is 25.7 Å². The Kier molecular flexibility index (Phi) is 16.7. The lowest BCUT2D eigenvalue weighted by Gasteiger charge is -2.37. The maximum absolute atomic E-state index is 13.9. The lowest BCUT2D eigenvalue weighted by molar-refractivity contribution is -0.139. The molecule has 254 valence electrons. The number of rotatable bonds is 18. The Morgan fingerprint density at radius 2 is 1.57 bits per heavy atom. The molecule has 10 nitrogen and oxygen atoms in total. The number of hydrazine groups is 1. The zero-order chi connectivity index (χ0) is 32.9. The zero-order valence-corrected chi connectivity index (χ0v) is 28.7. The minimum Gasteiger partial charge on any atom is -0.393 e. The molecule has 0 radical (unpaired) electrons. The largest absolute Gasteiger partial charge is 0.393 e. The molecule has 2 amide bonds. The second kappa shape index (κ2) is 19.1. The summed E-state index contributed by atoms with van der Waals surface area (Å²) in [6.07, 6.45) is 12.8. The highest BCUT2D eigenvalue weighted by Crippen LogP contribution is 2.35. The van der Waals surface area contributed by atoms with E-state index in [0.717, 1.165) is 38.5 Å². The van der Waals surface area contributed by atoms with Crippen LogP contribution in [0.1, 0.15) is 112 Å². The fourth-order valence-corrected chi connectivity index (χ4v) is 7.25. The molecule has 0 aromatic heterocycles. The van der Waals surface area contributed by atoms with Gasteiger partial charge in [-0.1, -0.05) is 27.2 Å². The summed E-state index contributed by atoms with van der Waals surface area (Å²) in [5, 5.41) is 25.6. The van der Waals surface area contributed by atoms with Gasteiger partial charge >= 0.3 is 0 Å². The SMILES string of the molecule is C#CC1CC(C(=O)NC(CC2CCC(O)CC2)C(O)CN(CCCC)NS(=O)(=O)C(C)C)CC(C(=O)N(CCC)CCC)C1. The molecule has 4 N–H and O–H groups in total. The second-order valence-electron chi connectivity index (χ2n) is 13.4. The molecule has 2 fully saturated rings. The Morgan fingerprint density at radius 3 is 2.11 bits per heavy atom. The molecule has 2 saturated carbocycles. The summed E-state index contributed by atoms with van der Waals surface area (Å²) in [5.41, 5.74) is 0. The summed E-state index contributed by atoms with van der Waals surface area (Å²) in [5.74, 6) is 1.90. The minimum atomic E-state index is -3.62. The van der Waals surface area contributed by atoms with Crippen LogP contribution in [0.3, 0.4) is 0 Å². The van der Waals surface area contributed by atoms with Gasteiger partial charge in [0, 0.05) is 43.9 Å². The van der Waals surface area contributed by atoms with Crippen LogP contribution in [-0.2, 0) is 19.6 Å². The van der Waals surface area contributed by atoms with E-state index >= 15 is 0 Å². The van der Waals surface area contributed by atoms with E-state index in [4.69, 9.17) is 6.42 Å². The van der Waals surface area contributed by atoms with Crippen LogP contribution in [0, 0.1) is 36.0 Å². The molecule has 0 aliphatic heterocycles. The molecular weight excluding hydrogens is 580 g/mol. The number of aliphatic hydroxyl groups is 2. The lowest BCUT2D eigenvalue weighted by atomic mass is 9.74. The van der Waals surface area contributed by atoms with E-state index in [1.54, 1.807) is 18.9 Å². The first-order valence-corrected chi connectivity index (χ1v) is 18.6. The van der Waals surface area contributed by atoms with Crippen LogP contribution >= 0.6 is 0 Å². The highest BCUT2D eigenvalue weighted by Gasteiger charge is 2.39. The predicted octanol–water partition coefficient (Wildman–Crippen LogP) is 3.43. The van der Waals surface area contributed by atoms with E-state index in [2.05, 4.69) is 16.1 Å². The number of carbonyl (C=O) groups excluding carboxylic acids is 2. The van der Waals surface area contributed by atoms with Gasteiger partial charge in [-0.3, -0.25) is 9.59 Å². The Labute approximate surface area is 267 Å². The Balaban J connectivity index is 2.25. The topological polar surface area (TPSA) is 139 Å². The van der Waals surface area contributed by atoms with Gasteiger partial charge in [-0.25, -0.2) is 13.4 Å². The van der Waals surface area contributed by atoms with E-state index in [1.165, 1.54) is 0 Å². The number of sulfonamides is 1. The number of aliphatic hydroxyl groups excluding tert-OH is 2. The summed E-state index contributed by atoms with van der Waals surface area (Å²) in [6, 6.07) is -0.618. The van der Waals surface area contributed by atoms with Gasteiger partial charge in [0.2, 0.25) is 21.8 Å². The standard InChI is InChI=1S/C33H60N4O6S/c1-7-11-18-37(35-44(42,43)24(5)6)23-31(39)30(21-26-12-14-29(38)15-13-26)34-32(40)27-19-25(10-4)20-28(22-27)33(41)36(16-8-2)17-9-3/h4,24-31,35,38-39H,7-9,11-23H2,1-3,5-6H3,(H,34,40). The highest BCUT2D eigenvalue weighted by atomic mass is 32.2. The molecule has 0 heterocycles. The molecule has 0 aromatic carbocycles. The second-order valence-corrected chi connectivity index (χ2v) is 15.6. The van der Waals surface area contributed by atoms with Crippen LogP contribution in [0.15, 0.2) is 0 Å². The molecule has 2 aliphatic carbocycles. The van der Waals surface area contributed by atoms with E-state index in [9.17, 15) is 28.2 Å². The van der Waals surface area contributed by atoms with Crippen LogP contribution in [0.25, 0.3) is 0 Å². The van der Waals surface area contributed by atoms with Gasteiger partial charge in [0.25, 0.3) is 0 Å². The normalized spacial score (nSPS) is 25.8. The molecule has 0 saturated heterocycles. The van der Waals surface area contributed by atoms with Gasteiger partial charge in [-0.2, -0.15) is 0 Å². The molecule has 0 bridgehead atoms. The van der Waals surface area contributed by atoms with Crippen molar-refractivity contribution in [2.45, 2.75) is 135 Å². The van der Waals surface area contributed by atoms with Gasteiger partial charge < -0.3 is 20.4 Å². The van der Waals surface area contributed by atoms with Crippen molar-refractivity contribution < 1.29 is 28.2 Å². The number of terminal acetylenes is 1. The van der Waals surface area contributed by atoms with Crippen molar-refractivity contribution in [3.05, 3.63) is 0 Å². The van der Waals surface area contributed by atoms with Crippen LogP contribution in [0.2, 0.25) is 0 Å². The third kappa shape index (κ3) is 12.2. The Bertz CT molecular complexity index is 1020. The molecule has 44 heavy (non-hydrogen) atoms. The fraction of sp³-hybridized carbons (Fsp3) is 0.879. The highest BCUT2D eigenvalue weighted by molar-refractivity contribution is 7.90. The first-order chi connectivity index (χ1) is 20.8. The molecule has 2 aliphatic rings. The number of carbonyl (C=O) groups is 2. The number of nitrogens with one attached hydrogen (secondary N) is 2. The number of amides is 2. The van der Waals surface area contributed by atoms with E-state index < -0.39 is 33.3 Å². The van der Waals surface area contributed by atoms with Crippen molar-refractivity contribution in [3.63, 3.8) is 0 Å². The molecule has 5 atom stereocenters. The van der Waals surface area contributed by atoms with Crippen molar-refractivity contribution in [1.29, 1.82) is 0 Å². The number of hydrogen-bond acceptors (Lipinski definition) is 7. The summed E-state index contributed by atoms with van der Waals surface area (Å²) in [4.78, 5) is 31.9.